The normalized spacial score (nSPS) is 18.6. The molecule has 2 atom stereocenters. The lowest BCUT2D eigenvalue weighted by Gasteiger charge is -2.33. The van der Waals surface area contributed by atoms with Crippen molar-refractivity contribution in [2.75, 3.05) is 50.6 Å². The number of likely N-dealkylation sites (tertiary alicyclic amines) is 1. The first-order chi connectivity index (χ1) is 17.5. The van der Waals surface area contributed by atoms with E-state index in [1.807, 2.05) is 31.3 Å². The van der Waals surface area contributed by atoms with Crippen LogP contribution in [-0.2, 0) is 6.42 Å². The highest BCUT2D eigenvalue weighted by atomic mass is 32.1. The van der Waals surface area contributed by atoms with Crippen LogP contribution in [0.15, 0.2) is 36.4 Å². The summed E-state index contributed by atoms with van der Waals surface area (Å²) in [4.78, 5) is 2.23. The maximum Gasteiger partial charge on any atom is 0.393 e. The zero-order chi connectivity index (χ0) is 26.7. The highest BCUT2D eigenvalue weighted by Gasteiger charge is 2.32. The predicted molar refractivity (Wildman–Crippen MR) is 146 cm³/mol. The molecule has 0 unspecified atom stereocenters. The van der Waals surface area contributed by atoms with Crippen molar-refractivity contribution in [2.24, 2.45) is 0 Å². The Kier molecular flexibility index (Phi) is 8.63. The lowest BCUT2D eigenvalue weighted by Crippen LogP contribution is -2.46. The van der Waals surface area contributed by atoms with Gasteiger partial charge in [0.1, 0.15) is 12.0 Å². The molecule has 3 nitrogen and oxygen atoms in total. The molecule has 1 aliphatic rings. The van der Waals surface area contributed by atoms with Crippen LogP contribution in [0, 0.1) is 17.7 Å². The summed E-state index contributed by atoms with van der Waals surface area (Å²) in [7, 11) is 1.44. The maximum atomic E-state index is 14.6. The molecule has 1 saturated heterocycles. The van der Waals surface area contributed by atoms with Crippen LogP contribution >= 0.6 is 19.3 Å². The van der Waals surface area contributed by atoms with E-state index in [0.29, 0.717) is 39.3 Å². The van der Waals surface area contributed by atoms with Crippen molar-refractivity contribution >= 4 is 46.0 Å². The lowest BCUT2D eigenvalue weighted by molar-refractivity contribution is -0.126. The molecule has 1 aromatic heterocycles. The van der Waals surface area contributed by atoms with Crippen molar-refractivity contribution < 1.29 is 22.0 Å². The van der Waals surface area contributed by atoms with E-state index in [1.54, 1.807) is 24.3 Å². The molecule has 0 spiro atoms. The summed E-state index contributed by atoms with van der Waals surface area (Å²) in [5.41, 5.74) is 1.02. The first kappa shape index (κ1) is 27.6. The standard InChI is InChI=1S/C27H29F5N3PS/c1-35-13-11-23(21(29)16-35)34-24-7-4-6-18-19(15-27(30,31)32)25(37-26(18)24)8-5-12-33-22-10-9-17(36(2)3)14-20(22)28/h4,6-7,9-10,14,21,23,33-34H,11-13,15-16H2,1-3H3/t21-,23+/m0/s1. The van der Waals surface area contributed by atoms with E-state index in [2.05, 4.69) is 22.5 Å². The molecule has 2 heterocycles. The Morgan fingerprint density at radius 2 is 1.95 bits per heavy atom. The SMILES string of the molecule is CN1CC[C@@H](Nc2cccc3c(CC(F)(F)F)c(C#CCNc4ccc(P(C)C)cc4F)sc23)[C@@H](F)C1. The highest BCUT2D eigenvalue weighted by molar-refractivity contribution is 7.64. The number of alkyl halides is 4. The Balaban J connectivity index is 1.59. The van der Waals surface area contributed by atoms with Crippen molar-refractivity contribution in [3.63, 3.8) is 0 Å². The average molecular weight is 554 g/mol. The second-order valence-corrected chi connectivity index (χ2v) is 12.7. The number of piperidine rings is 1. The fraction of sp³-hybridized carbons (Fsp3) is 0.407. The molecule has 37 heavy (non-hydrogen) atoms. The molecule has 0 saturated carbocycles. The van der Waals surface area contributed by atoms with Gasteiger partial charge in [-0.15, -0.1) is 11.3 Å². The molecule has 10 heteroatoms. The summed E-state index contributed by atoms with van der Waals surface area (Å²) in [5.74, 6) is 5.33. The van der Waals surface area contributed by atoms with Gasteiger partial charge in [-0.1, -0.05) is 38.0 Å². The number of thiophene rings is 1. The van der Waals surface area contributed by atoms with Gasteiger partial charge in [-0.2, -0.15) is 13.2 Å². The minimum Gasteiger partial charge on any atom is -0.378 e. The number of nitrogens with one attached hydrogen (secondary N) is 2. The number of benzene rings is 2. The Bertz CT molecular complexity index is 1310. The lowest BCUT2D eigenvalue weighted by atomic mass is 10.0. The fourth-order valence-corrected chi connectivity index (χ4v) is 6.28. The average Bonchev–Trinajstić information content (AvgIpc) is 3.16. The van der Waals surface area contributed by atoms with Crippen LogP contribution in [0.2, 0.25) is 0 Å². The number of hydrogen-bond acceptors (Lipinski definition) is 4. The van der Waals surface area contributed by atoms with E-state index in [4.69, 9.17) is 0 Å². The summed E-state index contributed by atoms with van der Waals surface area (Å²) in [5, 5.41) is 7.54. The molecular weight excluding hydrogens is 524 g/mol. The smallest absolute Gasteiger partial charge is 0.378 e. The molecule has 2 aromatic carbocycles. The zero-order valence-corrected chi connectivity index (χ0v) is 22.6. The number of rotatable bonds is 6. The molecular formula is C27H29F5N3PS. The van der Waals surface area contributed by atoms with Gasteiger partial charge in [-0.05, 0) is 61.3 Å². The van der Waals surface area contributed by atoms with E-state index in [1.165, 1.54) is 17.4 Å². The monoisotopic (exact) mass is 553 g/mol. The quantitative estimate of drug-likeness (QED) is 0.209. The molecule has 3 aromatic rings. The summed E-state index contributed by atoms with van der Waals surface area (Å²) in [6, 6.07) is 9.70. The van der Waals surface area contributed by atoms with Crippen molar-refractivity contribution in [2.45, 2.75) is 31.2 Å². The fourth-order valence-electron chi connectivity index (χ4n) is 4.37. The number of halogens is 5. The van der Waals surface area contributed by atoms with Crippen molar-refractivity contribution in [1.82, 2.24) is 4.90 Å². The molecule has 198 valence electrons. The van der Waals surface area contributed by atoms with E-state index in [-0.39, 0.29) is 17.9 Å². The molecule has 1 fully saturated rings. The zero-order valence-electron chi connectivity index (χ0n) is 20.8. The topological polar surface area (TPSA) is 27.3 Å². The molecule has 4 rings (SSSR count). The van der Waals surface area contributed by atoms with E-state index < -0.39 is 32.7 Å². The maximum absolute atomic E-state index is 14.6. The van der Waals surface area contributed by atoms with Crippen LogP contribution < -0.4 is 15.9 Å². The Labute approximate surface area is 219 Å². The summed E-state index contributed by atoms with van der Waals surface area (Å²) in [6.45, 7) is 5.20. The summed E-state index contributed by atoms with van der Waals surface area (Å²) in [6.07, 6.45) is -6.00. The third kappa shape index (κ3) is 6.93. The van der Waals surface area contributed by atoms with Crippen LogP contribution in [0.1, 0.15) is 16.9 Å². The van der Waals surface area contributed by atoms with Crippen molar-refractivity contribution in [3.8, 4) is 11.8 Å². The molecule has 0 radical (unpaired) electrons. The Morgan fingerprint density at radius 1 is 1.16 bits per heavy atom. The van der Waals surface area contributed by atoms with Crippen molar-refractivity contribution in [3.05, 3.63) is 52.7 Å². The second kappa shape index (κ2) is 11.6. The summed E-state index contributed by atoms with van der Waals surface area (Å²) < 4.78 is 70.0. The second-order valence-electron chi connectivity index (χ2n) is 9.42. The van der Waals surface area contributed by atoms with E-state index in [0.717, 1.165) is 11.8 Å². The van der Waals surface area contributed by atoms with Gasteiger partial charge >= 0.3 is 6.18 Å². The van der Waals surface area contributed by atoms with Gasteiger partial charge in [-0.25, -0.2) is 8.78 Å². The number of nitrogens with zero attached hydrogens (tertiary/aromatic N) is 1. The first-order valence-corrected chi connectivity index (χ1v) is 15.0. The van der Waals surface area contributed by atoms with E-state index in [9.17, 15) is 22.0 Å². The Hall–Kier alpha value is -2.40. The van der Waals surface area contributed by atoms with Gasteiger partial charge in [0.25, 0.3) is 0 Å². The van der Waals surface area contributed by atoms with Gasteiger partial charge in [-0.3, -0.25) is 0 Å². The molecule has 1 aliphatic heterocycles. The van der Waals surface area contributed by atoms with Crippen LogP contribution in [-0.4, -0.2) is 63.3 Å². The third-order valence-electron chi connectivity index (χ3n) is 6.32. The van der Waals surface area contributed by atoms with Gasteiger partial charge in [0, 0.05) is 13.1 Å². The molecule has 0 aliphatic carbocycles. The first-order valence-electron chi connectivity index (χ1n) is 11.9. The highest BCUT2D eigenvalue weighted by Crippen LogP contribution is 2.39. The molecule has 0 amide bonds. The van der Waals surface area contributed by atoms with Gasteiger partial charge in [0.2, 0.25) is 0 Å². The van der Waals surface area contributed by atoms with Crippen LogP contribution in [0.25, 0.3) is 10.1 Å². The summed E-state index contributed by atoms with van der Waals surface area (Å²) >= 11 is 1.17. The van der Waals surface area contributed by atoms with Crippen LogP contribution in [0.3, 0.4) is 0 Å². The largest absolute Gasteiger partial charge is 0.393 e. The van der Waals surface area contributed by atoms with E-state index >= 15 is 0 Å². The van der Waals surface area contributed by atoms with Gasteiger partial charge in [0.15, 0.2) is 0 Å². The minimum absolute atomic E-state index is 0.0766. The third-order valence-corrected chi connectivity index (χ3v) is 8.83. The number of fused-ring (bicyclic) bond motifs is 1. The predicted octanol–water partition coefficient (Wildman–Crippen LogP) is 6.43. The van der Waals surface area contributed by atoms with Crippen LogP contribution in [0.4, 0.5) is 33.3 Å². The molecule has 0 bridgehead atoms. The minimum atomic E-state index is -4.41. The van der Waals surface area contributed by atoms with Gasteiger partial charge < -0.3 is 15.5 Å². The number of anilines is 2. The van der Waals surface area contributed by atoms with Crippen molar-refractivity contribution in [1.29, 1.82) is 0 Å². The molecule has 2 N–H and O–H groups in total. The van der Waals surface area contributed by atoms with Gasteiger partial charge in [0.05, 0.1) is 40.0 Å². The van der Waals surface area contributed by atoms with Crippen LogP contribution in [0.5, 0.6) is 0 Å². The number of hydrogen-bond donors (Lipinski definition) is 2. The Morgan fingerprint density at radius 3 is 2.62 bits per heavy atom.